The van der Waals surface area contributed by atoms with Gasteiger partial charge in [0.15, 0.2) is 0 Å². The second kappa shape index (κ2) is 7.36. The van der Waals surface area contributed by atoms with E-state index >= 15 is 0 Å². The quantitative estimate of drug-likeness (QED) is 0.856. The fraction of sp³-hybridized carbons (Fsp3) is 0.438. The van der Waals surface area contributed by atoms with Gasteiger partial charge in [0, 0.05) is 10.9 Å². The normalized spacial score (nSPS) is 21.1. The smallest absolute Gasteiger partial charge is 0.253 e. The molecule has 0 saturated heterocycles. The maximum atomic E-state index is 12.5. The van der Waals surface area contributed by atoms with Gasteiger partial charge >= 0.3 is 0 Å². The minimum atomic E-state index is -0.0879. The van der Waals surface area contributed by atoms with E-state index in [0.29, 0.717) is 16.6 Å². The molecule has 0 radical (unpaired) electrons. The lowest BCUT2D eigenvalue weighted by Crippen LogP contribution is -2.38. The fourth-order valence-electron chi connectivity index (χ4n) is 2.96. The van der Waals surface area contributed by atoms with Crippen LogP contribution in [0.15, 0.2) is 35.7 Å². The van der Waals surface area contributed by atoms with Gasteiger partial charge in [-0.3, -0.25) is 4.79 Å². The van der Waals surface area contributed by atoms with Crippen molar-refractivity contribution in [1.82, 2.24) is 20.1 Å². The van der Waals surface area contributed by atoms with Crippen LogP contribution in [0, 0.1) is 0 Å². The number of nitrogens with one attached hydrogen (secondary N) is 1. The Balaban J connectivity index is 1.59. The number of thioether (sulfide) groups is 1. The third-order valence-electron chi connectivity index (χ3n) is 4.26. The van der Waals surface area contributed by atoms with Crippen LogP contribution in [-0.2, 0) is 0 Å². The molecular formula is C16H19ClN4OS. The van der Waals surface area contributed by atoms with Gasteiger partial charge in [0.2, 0.25) is 0 Å². The summed E-state index contributed by atoms with van der Waals surface area (Å²) in [5, 5.41) is 7.81. The third-order valence-corrected chi connectivity index (χ3v) is 5.32. The number of benzene rings is 1. The molecule has 0 unspecified atom stereocenters. The highest BCUT2D eigenvalue weighted by molar-refractivity contribution is 7.98. The van der Waals surface area contributed by atoms with E-state index in [1.165, 1.54) is 0 Å². The van der Waals surface area contributed by atoms with Gasteiger partial charge < -0.3 is 5.32 Å². The van der Waals surface area contributed by atoms with Crippen molar-refractivity contribution in [3.63, 3.8) is 0 Å². The van der Waals surface area contributed by atoms with E-state index < -0.39 is 0 Å². The number of carbonyl (C=O) groups excluding carboxylic acids is 1. The second-order valence-electron chi connectivity index (χ2n) is 5.70. The van der Waals surface area contributed by atoms with Crippen molar-refractivity contribution in [2.45, 2.75) is 42.7 Å². The highest BCUT2D eigenvalue weighted by Gasteiger charge is 2.24. The molecule has 3 rings (SSSR count). The average molecular weight is 351 g/mol. The van der Waals surface area contributed by atoms with Gasteiger partial charge in [-0.1, -0.05) is 11.6 Å². The molecule has 7 heteroatoms. The molecule has 2 aromatic rings. The molecule has 1 aliphatic rings. The zero-order valence-corrected chi connectivity index (χ0v) is 14.5. The summed E-state index contributed by atoms with van der Waals surface area (Å²) in [7, 11) is 0. The first-order valence-corrected chi connectivity index (χ1v) is 9.26. The van der Waals surface area contributed by atoms with Crippen molar-refractivity contribution in [2.75, 3.05) is 6.26 Å². The molecule has 1 aliphatic carbocycles. The minimum Gasteiger partial charge on any atom is -0.349 e. The predicted molar refractivity (Wildman–Crippen MR) is 92.0 cm³/mol. The molecule has 0 spiro atoms. The maximum absolute atomic E-state index is 12.5. The largest absolute Gasteiger partial charge is 0.349 e. The summed E-state index contributed by atoms with van der Waals surface area (Å²) in [6, 6.07) is 6.13. The third kappa shape index (κ3) is 3.87. The van der Waals surface area contributed by atoms with Gasteiger partial charge in [-0.05, 0) is 50.1 Å². The lowest BCUT2D eigenvalue weighted by atomic mass is 9.91. The molecule has 122 valence electrons. The van der Waals surface area contributed by atoms with Crippen LogP contribution in [-0.4, -0.2) is 33.0 Å². The molecule has 1 amide bonds. The molecule has 0 aliphatic heterocycles. The number of amides is 1. The maximum Gasteiger partial charge on any atom is 0.253 e. The fourth-order valence-corrected chi connectivity index (χ4v) is 3.60. The van der Waals surface area contributed by atoms with E-state index in [4.69, 9.17) is 11.6 Å². The van der Waals surface area contributed by atoms with Crippen molar-refractivity contribution >= 4 is 29.3 Å². The first-order chi connectivity index (χ1) is 11.2. The summed E-state index contributed by atoms with van der Waals surface area (Å²) in [5.74, 6) is -0.0879. The highest BCUT2D eigenvalue weighted by atomic mass is 35.5. The summed E-state index contributed by atoms with van der Waals surface area (Å²) in [4.78, 5) is 17.5. The number of carbonyl (C=O) groups is 1. The molecule has 1 saturated carbocycles. The van der Waals surface area contributed by atoms with E-state index in [2.05, 4.69) is 15.4 Å². The number of halogens is 1. The first-order valence-electron chi connectivity index (χ1n) is 7.66. The van der Waals surface area contributed by atoms with E-state index in [-0.39, 0.29) is 11.9 Å². The number of aromatic nitrogens is 3. The van der Waals surface area contributed by atoms with Gasteiger partial charge in [-0.25, -0.2) is 9.67 Å². The Bertz CT molecular complexity index is 669. The van der Waals surface area contributed by atoms with Crippen LogP contribution >= 0.6 is 23.4 Å². The topological polar surface area (TPSA) is 59.8 Å². The molecule has 1 aromatic heterocycles. The van der Waals surface area contributed by atoms with Crippen LogP contribution in [0.25, 0.3) is 0 Å². The Hall–Kier alpha value is -1.53. The van der Waals surface area contributed by atoms with Gasteiger partial charge in [-0.2, -0.15) is 5.10 Å². The molecular weight excluding hydrogens is 332 g/mol. The number of hydrogen-bond acceptors (Lipinski definition) is 4. The highest BCUT2D eigenvalue weighted by Crippen LogP contribution is 2.28. The SMILES string of the molecule is CSc1ccc(Cl)c(C(=O)NC2CCC(n3cncn3)CC2)c1. The molecule has 1 heterocycles. The van der Waals surface area contributed by atoms with E-state index in [1.807, 2.05) is 23.1 Å². The van der Waals surface area contributed by atoms with Crippen molar-refractivity contribution in [2.24, 2.45) is 0 Å². The Labute approximate surface area is 144 Å². The van der Waals surface area contributed by atoms with Gasteiger partial charge in [0.1, 0.15) is 12.7 Å². The molecule has 0 atom stereocenters. The van der Waals surface area contributed by atoms with Crippen molar-refractivity contribution in [1.29, 1.82) is 0 Å². The van der Waals surface area contributed by atoms with Gasteiger partial charge in [-0.15, -0.1) is 11.8 Å². The summed E-state index contributed by atoms with van der Waals surface area (Å²) >= 11 is 7.77. The van der Waals surface area contributed by atoms with Crippen LogP contribution in [0.5, 0.6) is 0 Å². The van der Waals surface area contributed by atoms with Gasteiger partial charge in [0.05, 0.1) is 16.6 Å². The van der Waals surface area contributed by atoms with Crippen LogP contribution in [0.2, 0.25) is 5.02 Å². The summed E-state index contributed by atoms with van der Waals surface area (Å²) < 4.78 is 1.91. The van der Waals surface area contributed by atoms with Gasteiger partial charge in [0.25, 0.3) is 5.91 Å². The van der Waals surface area contributed by atoms with Crippen molar-refractivity contribution in [3.8, 4) is 0 Å². The first kappa shape index (κ1) is 16.3. The lowest BCUT2D eigenvalue weighted by molar-refractivity contribution is 0.0921. The Kier molecular flexibility index (Phi) is 5.23. The molecule has 1 fully saturated rings. The zero-order valence-electron chi connectivity index (χ0n) is 12.9. The molecule has 1 N–H and O–H groups in total. The lowest BCUT2D eigenvalue weighted by Gasteiger charge is -2.29. The molecule has 23 heavy (non-hydrogen) atoms. The Morgan fingerprint density at radius 1 is 1.35 bits per heavy atom. The summed E-state index contributed by atoms with van der Waals surface area (Å²) in [5.41, 5.74) is 0.553. The number of hydrogen-bond donors (Lipinski definition) is 1. The van der Waals surface area contributed by atoms with Crippen LogP contribution < -0.4 is 5.32 Å². The summed E-state index contributed by atoms with van der Waals surface area (Å²) in [6.07, 6.45) is 9.17. The van der Waals surface area contributed by atoms with E-state index in [0.717, 1.165) is 30.6 Å². The monoisotopic (exact) mass is 350 g/mol. The van der Waals surface area contributed by atoms with Crippen molar-refractivity contribution < 1.29 is 4.79 Å². The average Bonchev–Trinajstić information content (AvgIpc) is 3.10. The molecule has 5 nitrogen and oxygen atoms in total. The number of rotatable bonds is 4. The molecule has 0 bridgehead atoms. The summed E-state index contributed by atoms with van der Waals surface area (Å²) in [6.45, 7) is 0. The second-order valence-corrected chi connectivity index (χ2v) is 6.99. The molecule has 1 aromatic carbocycles. The van der Waals surface area contributed by atoms with Crippen LogP contribution in [0.4, 0.5) is 0 Å². The van der Waals surface area contributed by atoms with Crippen LogP contribution in [0.1, 0.15) is 42.1 Å². The van der Waals surface area contributed by atoms with E-state index in [9.17, 15) is 4.79 Å². The predicted octanol–water partition coefficient (Wildman–Crippen LogP) is 3.57. The minimum absolute atomic E-state index is 0.0879. The number of nitrogens with zero attached hydrogens (tertiary/aromatic N) is 3. The standard InChI is InChI=1S/C16H19ClN4OS/c1-23-13-6-7-15(17)14(8-13)16(22)20-11-2-4-12(5-3-11)21-10-18-9-19-21/h6-12H,2-5H2,1H3,(H,20,22). The van der Waals surface area contributed by atoms with E-state index in [1.54, 1.807) is 30.5 Å². The van der Waals surface area contributed by atoms with Crippen molar-refractivity contribution in [3.05, 3.63) is 41.4 Å². The Morgan fingerprint density at radius 2 is 2.13 bits per heavy atom. The zero-order chi connectivity index (χ0) is 16.2. The van der Waals surface area contributed by atoms with Crippen LogP contribution in [0.3, 0.4) is 0 Å². The Morgan fingerprint density at radius 3 is 2.78 bits per heavy atom.